The standard InChI is InChI=1S/C34H40N2O3/c1-24(32-11-7-8-12-33(32)29-17-13-26(14-18-29)21-35-25(2)37)39-23-31(38)22-36-34(3,4)20-27-15-16-28-9-5-6-10-30(28)19-27/h5-19,24,31,36,38H,20-23H2,1-4H3,(H,35,37)/t24-,31-/m1/s1. The fraction of sp³-hybridized carbons (Fsp3) is 0.324. The first-order chi connectivity index (χ1) is 18.7. The number of hydrogen-bond donors (Lipinski definition) is 3. The van der Waals surface area contributed by atoms with E-state index in [2.05, 4.69) is 91.2 Å². The second kappa shape index (κ2) is 13.0. The number of hydrogen-bond acceptors (Lipinski definition) is 4. The van der Waals surface area contributed by atoms with Crippen LogP contribution >= 0.6 is 0 Å². The summed E-state index contributed by atoms with van der Waals surface area (Å²) in [5, 5.41) is 19.5. The molecule has 5 nitrogen and oxygen atoms in total. The molecule has 0 spiro atoms. The Hall–Kier alpha value is -3.51. The van der Waals surface area contributed by atoms with Crippen molar-refractivity contribution in [2.24, 2.45) is 0 Å². The van der Waals surface area contributed by atoms with Gasteiger partial charge in [-0.15, -0.1) is 0 Å². The molecular formula is C34H40N2O3. The number of benzene rings is 4. The zero-order valence-corrected chi connectivity index (χ0v) is 23.4. The molecule has 0 aliphatic heterocycles. The summed E-state index contributed by atoms with van der Waals surface area (Å²) in [6.07, 6.45) is 0.0581. The Labute approximate surface area is 232 Å². The predicted octanol–water partition coefficient (Wildman–Crippen LogP) is 6.19. The molecule has 0 saturated carbocycles. The maximum absolute atomic E-state index is 11.2. The van der Waals surface area contributed by atoms with Crippen LogP contribution in [-0.4, -0.2) is 35.8 Å². The van der Waals surface area contributed by atoms with Gasteiger partial charge in [0.05, 0.1) is 18.8 Å². The number of fused-ring (bicyclic) bond motifs is 1. The first-order valence-corrected chi connectivity index (χ1v) is 13.7. The van der Waals surface area contributed by atoms with Gasteiger partial charge in [-0.2, -0.15) is 0 Å². The highest BCUT2D eigenvalue weighted by Crippen LogP contribution is 2.30. The summed E-state index contributed by atoms with van der Waals surface area (Å²) >= 11 is 0. The lowest BCUT2D eigenvalue weighted by Crippen LogP contribution is -2.46. The molecule has 39 heavy (non-hydrogen) atoms. The second-order valence-corrected chi connectivity index (χ2v) is 10.9. The Morgan fingerprint density at radius 1 is 0.897 bits per heavy atom. The quantitative estimate of drug-likeness (QED) is 0.207. The van der Waals surface area contributed by atoms with Crippen LogP contribution < -0.4 is 10.6 Å². The number of carbonyl (C=O) groups is 1. The van der Waals surface area contributed by atoms with Gasteiger partial charge in [-0.25, -0.2) is 0 Å². The zero-order chi connectivity index (χ0) is 27.8. The minimum atomic E-state index is -0.622. The number of ether oxygens (including phenoxy) is 1. The van der Waals surface area contributed by atoms with E-state index in [1.54, 1.807) is 0 Å². The van der Waals surface area contributed by atoms with Crippen LogP contribution in [0.5, 0.6) is 0 Å². The lowest BCUT2D eigenvalue weighted by Gasteiger charge is -2.28. The van der Waals surface area contributed by atoms with Crippen LogP contribution in [0.25, 0.3) is 21.9 Å². The lowest BCUT2D eigenvalue weighted by atomic mass is 9.93. The van der Waals surface area contributed by atoms with E-state index in [0.717, 1.165) is 28.7 Å². The molecule has 4 aromatic rings. The van der Waals surface area contributed by atoms with Gasteiger partial charge in [0.1, 0.15) is 0 Å². The second-order valence-electron chi connectivity index (χ2n) is 10.9. The molecular weight excluding hydrogens is 484 g/mol. The van der Waals surface area contributed by atoms with E-state index in [1.165, 1.54) is 23.3 Å². The van der Waals surface area contributed by atoms with Crippen LogP contribution in [0.2, 0.25) is 0 Å². The van der Waals surface area contributed by atoms with Crippen LogP contribution in [0.3, 0.4) is 0 Å². The molecule has 0 aliphatic carbocycles. The van der Waals surface area contributed by atoms with E-state index < -0.39 is 6.10 Å². The molecule has 2 atom stereocenters. The fourth-order valence-corrected chi connectivity index (χ4v) is 4.86. The number of amides is 1. The summed E-state index contributed by atoms with van der Waals surface area (Å²) in [7, 11) is 0. The number of aliphatic hydroxyl groups excluding tert-OH is 1. The van der Waals surface area contributed by atoms with Crippen LogP contribution in [0.15, 0.2) is 91.0 Å². The summed E-state index contributed by atoms with van der Waals surface area (Å²) in [6, 6.07) is 31.4. The molecule has 0 saturated heterocycles. The van der Waals surface area contributed by atoms with Crippen molar-refractivity contribution in [1.82, 2.24) is 10.6 Å². The third-order valence-corrected chi connectivity index (χ3v) is 7.02. The van der Waals surface area contributed by atoms with Gasteiger partial charge in [-0.05, 0) is 65.8 Å². The van der Waals surface area contributed by atoms with E-state index in [-0.39, 0.29) is 24.2 Å². The fourth-order valence-electron chi connectivity index (χ4n) is 4.86. The molecule has 0 aromatic heterocycles. The number of nitrogens with one attached hydrogen (secondary N) is 2. The largest absolute Gasteiger partial charge is 0.389 e. The van der Waals surface area contributed by atoms with Gasteiger partial charge < -0.3 is 20.5 Å². The highest BCUT2D eigenvalue weighted by molar-refractivity contribution is 5.83. The molecule has 204 valence electrons. The molecule has 0 fully saturated rings. The molecule has 3 N–H and O–H groups in total. The number of rotatable bonds is 12. The smallest absolute Gasteiger partial charge is 0.217 e. The highest BCUT2D eigenvalue weighted by Gasteiger charge is 2.20. The first-order valence-electron chi connectivity index (χ1n) is 13.7. The summed E-state index contributed by atoms with van der Waals surface area (Å²) in [5.74, 6) is -0.0405. The number of aliphatic hydroxyl groups is 1. The minimum absolute atomic E-state index is 0.0405. The van der Waals surface area contributed by atoms with Crippen molar-refractivity contribution in [3.63, 3.8) is 0 Å². The maximum atomic E-state index is 11.2. The van der Waals surface area contributed by atoms with Gasteiger partial charge in [0.25, 0.3) is 0 Å². The lowest BCUT2D eigenvalue weighted by molar-refractivity contribution is -0.119. The van der Waals surface area contributed by atoms with Gasteiger partial charge in [0.15, 0.2) is 0 Å². The van der Waals surface area contributed by atoms with Gasteiger partial charge in [-0.1, -0.05) is 91.0 Å². The molecule has 0 unspecified atom stereocenters. The Morgan fingerprint density at radius 2 is 1.56 bits per heavy atom. The molecule has 4 aromatic carbocycles. The molecule has 0 aliphatic rings. The normalized spacial score (nSPS) is 13.3. The zero-order valence-electron chi connectivity index (χ0n) is 23.4. The van der Waals surface area contributed by atoms with E-state index in [0.29, 0.717) is 13.1 Å². The minimum Gasteiger partial charge on any atom is -0.389 e. The predicted molar refractivity (Wildman–Crippen MR) is 160 cm³/mol. The van der Waals surface area contributed by atoms with Crippen molar-refractivity contribution in [3.05, 3.63) is 108 Å². The van der Waals surface area contributed by atoms with Crippen molar-refractivity contribution in [3.8, 4) is 11.1 Å². The van der Waals surface area contributed by atoms with E-state index in [4.69, 9.17) is 4.74 Å². The van der Waals surface area contributed by atoms with E-state index in [1.807, 2.05) is 31.2 Å². The van der Waals surface area contributed by atoms with Crippen LogP contribution in [-0.2, 0) is 22.5 Å². The van der Waals surface area contributed by atoms with Crippen LogP contribution in [0, 0.1) is 0 Å². The molecule has 0 bridgehead atoms. The summed E-state index contributed by atoms with van der Waals surface area (Å²) in [4.78, 5) is 11.2. The monoisotopic (exact) mass is 524 g/mol. The summed E-state index contributed by atoms with van der Waals surface area (Å²) in [6.45, 7) is 9.07. The third kappa shape index (κ3) is 8.24. The number of β-amino-alcohol motifs (C(OH)–C–C–N with tert-alkyl or cyclic N) is 1. The molecule has 0 heterocycles. The van der Waals surface area contributed by atoms with Crippen molar-refractivity contribution >= 4 is 16.7 Å². The number of carbonyl (C=O) groups excluding carboxylic acids is 1. The molecule has 1 amide bonds. The average molecular weight is 525 g/mol. The van der Waals surface area contributed by atoms with Crippen LogP contribution in [0.4, 0.5) is 0 Å². The molecule has 0 radical (unpaired) electrons. The Kier molecular flexibility index (Phi) is 9.52. The third-order valence-electron chi connectivity index (χ3n) is 7.02. The van der Waals surface area contributed by atoms with Gasteiger partial charge in [0, 0.05) is 25.6 Å². The molecule has 5 heteroatoms. The van der Waals surface area contributed by atoms with E-state index >= 15 is 0 Å². The Morgan fingerprint density at radius 3 is 2.31 bits per heavy atom. The van der Waals surface area contributed by atoms with Crippen molar-refractivity contribution in [1.29, 1.82) is 0 Å². The topological polar surface area (TPSA) is 70.6 Å². The Bertz CT molecular complexity index is 1380. The van der Waals surface area contributed by atoms with E-state index in [9.17, 15) is 9.90 Å². The summed E-state index contributed by atoms with van der Waals surface area (Å²) in [5.41, 5.74) is 5.41. The Balaban J connectivity index is 1.30. The first kappa shape index (κ1) is 28.5. The van der Waals surface area contributed by atoms with Gasteiger partial charge in [0.2, 0.25) is 5.91 Å². The van der Waals surface area contributed by atoms with Crippen LogP contribution in [0.1, 0.15) is 50.5 Å². The highest BCUT2D eigenvalue weighted by atomic mass is 16.5. The van der Waals surface area contributed by atoms with Crippen molar-refractivity contribution in [2.45, 2.75) is 58.4 Å². The van der Waals surface area contributed by atoms with Crippen molar-refractivity contribution < 1.29 is 14.6 Å². The summed E-state index contributed by atoms with van der Waals surface area (Å²) < 4.78 is 6.13. The molecule has 4 rings (SSSR count). The maximum Gasteiger partial charge on any atom is 0.217 e. The average Bonchev–Trinajstić information content (AvgIpc) is 2.93. The SMILES string of the molecule is CC(=O)NCc1ccc(-c2ccccc2[C@@H](C)OC[C@H](O)CNC(C)(C)Cc2ccc3ccccc3c2)cc1. The van der Waals surface area contributed by atoms with Gasteiger partial charge in [-0.3, -0.25) is 4.79 Å². The van der Waals surface area contributed by atoms with Crippen molar-refractivity contribution in [2.75, 3.05) is 13.2 Å². The van der Waals surface area contributed by atoms with Gasteiger partial charge >= 0.3 is 0 Å².